The third-order valence-corrected chi connectivity index (χ3v) is 4.33. The fourth-order valence-electron chi connectivity index (χ4n) is 3.23. The summed E-state index contributed by atoms with van der Waals surface area (Å²) in [6, 6.07) is 0.403. The van der Waals surface area contributed by atoms with E-state index in [0.29, 0.717) is 19.1 Å². The molecule has 1 aromatic heterocycles. The summed E-state index contributed by atoms with van der Waals surface area (Å²) in [6.07, 6.45) is 5.50. The van der Waals surface area contributed by atoms with E-state index in [9.17, 15) is 9.90 Å². The van der Waals surface area contributed by atoms with Gasteiger partial charge in [-0.25, -0.2) is 0 Å². The average molecular weight is 308 g/mol. The number of carbonyl (C=O) groups excluding carboxylic acids is 1. The first-order chi connectivity index (χ1) is 10.5. The van der Waals surface area contributed by atoms with Crippen molar-refractivity contribution in [3.63, 3.8) is 0 Å². The van der Waals surface area contributed by atoms with Gasteiger partial charge in [-0.2, -0.15) is 5.10 Å². The first-order valence-electron chi connectivity index (χ1n) is 8.21. The van der Waals surface area contributed by atoms with Gasteiger partial charge in [-0.1, -0.05) is 19.3 Å². The summed E-state index contributed by atoms with van der Waals surface area (Å²) in [7, 11) is 0. The quantitative estimate of drug-likeness (QED) is 0.750. The van der Waals surface area contributed by atoms with E-state index in [4.69, 9.17) is 0 Å². The number of carbonyl (C=O) groups is 1. The zero-order valence-corrected chi connectivity index (χ0v) is 13.9. The summed E-state index contributed by atoms with van der Waals surface area (Å²) in [4.78, 5) is 14.5. The number of aromatic amines is 1. The Labute approximate surface area is 132 Å². The van der Waals surface area contributed by atoms with E-state index in [1.807, 2.05) is 13.8 Å². The van der Waals surface area contributed by atoms with Crippen molar-refractivity contribution < 1.29 is 9.90 Å². The van der Waals surface area contributed by atoms with Crippen LogP contribution in [0.4, 0.5) is 5.69 Å². The smallest absolute Gasteiger partial charge is 0.238 e. The summed E-state index contributed by atoms with van der Waals surface area (Å²) in [6.45, 7) is 6.40. The molecule has 3 N–H and O–H groups in total. The highest BCUT2D eigenvalue weighted by molar-refractivity contribution is 5.93. The van der Waals surface area contributed by atoms with Crippen LogP contribution in [0.2, 0.25) is 0 Å². The summed E-state index contributed by atoms with van der Waals surface area (Å²) in [5.41, 5.74) is 2.43. The van der Waals surface area contributed by atoms with E-state index in [2.05, 4.69) is 20.4 Å². The molecule has 6 heteroatoms. The minimum Gasteiger partial charge on any atom is -0.392 e. The van der Waals surface area contributed by atoms with Gasteiger partial charge in [0.1, 0.15) is 0 Å². The number of aliphatic hydroxyl groups excluding tert-OH is 1. The molecule has 6 nitrogen and oxygen atoms in total. The van der Waals surface area contributed by atoms with Crippen molar-refractivity contribution in [1.29, 1.82) is 0 Å². The van der Waals surface area contributed by atoms with Gasteiger partial charge >= 0.3 is 0 Å². The summed E-state index contributed by atoms with van der Waals surface area (Å²) < 4.78 is 0. The second kappa shape index (κ2) is 7.74. The van der Waals surface area contributed by atoms with Gasteiger partial charge in [0.05, 0.1) is 29.7 Å². The molecule has 0 aromatic carbocycles. The molecule has 1 saturated carbocycles. The summed E-state index contributed by atoms with van der Waals surface area (Å²) >= 11 is 0. The maximum absolute atomic E-state index is 12.4. The molecule has 0 aliphatic heterocycles. The average Bonchev–Trinajstić information content (AvgIpc) is 2.79. The second-order valence-electron chi connectivity index (χ2n) is 6.43. The predicted octanol–water partition coefficient (Wildman–Crippen LogP) is 1.98. The van der Waals surface area contributed by atoms with Gasteiger partial charge in [0.2, 0.25) is 5.91 Å². The fraction of sp³-hybridized carbons (Fsp3) is 0.750. The topological polar surface area (TPSA) is 81.2 Å². The lowest BCUT2D eigenvalue weighted by Crippen LogP contribution is -2.45. The van der Waals surface area contributed by atoms with Crippen LogP contribution in [-0.4, -0.2) is 51.3 Å². The van der Waals surface area contributed by atoms with E-state index < -0.39 is 6.10 Å². The van der Waals surface area contributed by atoms with Gasteiger partial charge in [0.15, 0.2) is 0 Å². The van der Waals surface area contributed by atoms with Crippen molar-refractivity contribution in [3.05, 3.63) is 11.4 Å². The van der Waals surface area contributed by atoms with Gasteiger partial charge in [0.25, 0.3) is 0 Å². The Balaban J connectivity index is 1.98. The van der Waals surface area contributed by atoms with Gasteiger partial charge in [-0.3, -0.25) is 14.8 Å². The van der Waals surface area contributed by atoms with Crippen molar-refractivity contribution in [2.45, 2.75) is 65.0 Å². The SMILES string of the molecule is Cc1n[nH]c(C)c1NC(=O)CN(CC(C)O)C1CCCCC1. The highest BCUT2D eigenvalue weighted by atomic mass is 16.3. The van der Waals surface area contributed by atoms with Crippen LogP contribution in [0.25, 0.3) is 0 Å². The zero-order valence-electron chi connectivity index (χ0n) is 13.9. The molecule has 0 saturated heterocycles. The molecule has 22 heavy (non-hydrogen) atoms. The number of aryl methyl sites for hydroxylation is 2. The Kier molecular flexibility index (Phi) is 5.97. The van der Waals surface area contributed by atoms with E-state index >= 15 is 0 Å². The maximum atomic E-state index is 12.4. The lowest BCUT2D eigenvalue weighted by Gasteiger charge is -2.34. The van der Waals surface area contributed by atoms with Gasteiger partial charge in [-0.15, -0.1) is 0 Å². The molecule has 2 rings (SSSR count). The number of rotatable bonds is 6. The van der Waals surface area contributed by atoms with Crippen molar-refractivity contribution in [2.75, 3.05) is 18.4 Å². The van der Waals surface area contributed by atoms with Crippen LogP contribution in [-0.2, 0) is 4.79 Å². The van der Waals surface area contributed by atoms with Crippen LogP contribution in [0.1, 0.15) is 50.4 Å². The molecule has 1 unspecified atom stereocenters. The van der Waals surface area contributed by atoms with E-state index in [0.717, 1.165) is 29.9 Å². The van der Waals surface area contributed by atoms with Crippen molar-refractivity contribution in [2.24, 2.45) is 0 Å². The molecule has 1 aliphatic carbocycles. The zero-order chi connectivity index (χ0) is 16.1. The molecule has 0 spiro atoms. The number of aromatic nitrogens is 2. The molecule has 1 heterocycles. The Bertz CT molecular complexity index is 473. The highest BCUT2D eigenvalue weighted by Gasteiger charge is 2.24. The minimum absolute atomic E-state index is 0.0428. The van der Waals surface area contributed by atoms with E-state index in [1.165, 1.54) is 19.3 Å². The molecule has 124 valence electrons. The number of nitrogens with one attached hydrogen (secondary N) is 2. The Morgan fingerprint density at radius 3 is 2.64 bits per heavy atom. The fourth-order valence-corrected chi connectivity index (χ4v) is 3.23. The normalized spacial score (nSPS) is 17.7. The highest BCUT2D eigenvalue weighted by Crippen LogP contribution is 2.23. The van der Waals surface area contributed by atoms with Crippen LogP contribution >= 0.6 is 0 Å². The van der Waals surface area contributed by atoms with Crippen LogP contribution in [0, 0.1) is 13.8 Å². The molecule has 1 aromatic rings. The van der Waals surface area contributed by atoms with Gasteiger partial charge in [-0.05, 0) is 33.6 Å². The Morgan fingerprint density at radius 1 is 1.41 bits per heavy atom. The van der Waals surface area contributed by atoms with Crippen LogP contribution in [0.3, 0.4) is 0 Å². The van der Waals surface area contributed by atoms with Crippen LogP contribution in [0.5, 0.6) is 0 Å². The van der Waals surface area contributed by atoms with E-state index in [1.54, 1.807) is 6.92 Å². The molecule has 0 radical (unpaired) electrons. The third-order valence-electron chi connectivity index (χ3n) is 4.33. The number of H-pyrrole nitrogens is 1. The molecular formula is C16H28N4O2. The first kappa shape index (κ1) is 17.0. The minimum atomic E-state index is -0.424. The first-order valence-corrected chi connectivity index (χ1v) is 8.21. The lowest BCUT2D eigenvalue weighted by molar-refractivity contribution is -0.118. The molecular weight excluding hydrogens is 280 g/mol. The third kappa shape index (κ3) is 4.55. The number of amides is 1. The standard InChI is InChI=1S/C16H28N4O2/c1-11(21)9-20(14-7-5-4-6-8-14)10-15(22)17-16-12(2)18-19-13(16)3/h11,14,21H,4-10H2,1-3H3,(H,17,22)(H,18,19). The molecule has 0 bridgehead atoms. The van der Waals surface area contributed by atoms with Crippen molar-refractivity contribution in [3.8, 4) is 0 Å². The molecule has 1 fully saturated rings. The second-order valence-corrected chi connectivity index (χ2v) is 6.43. The number of nitrogens with zero attached hydrogens (tertiary/aromatic N) is 2. The number of hydrogen-bond acceptors (Lipinski definition) is 4. The predicted molar refractivity (Wildman–Crippen MR) is 86.8 cm³/mol. The number of hydrogen-bond donors (Lipinski definition) is 3. The van der Waals surface area contributed by atoms with Crippen molar-refractivity contribution in [1.82, 2.24) is 15.1 Å². The van der Waals surface area contributed by atoms with Gasteiger partial charge in [0, 0.05) is 12.6 Å². The summed E-state index contributed by atoms with van der Waals surface area (Å²) in [5, 5.41) is 19.6. The summed E-state index contributed by atoms with van der Waals surface area (Å²) in [5.74, 6) is -0.0428. The molecule has 1 atom stereocenters. The number of aliphatic hydroxyl groups is 1. The Morgan fingerprint density at radius 2 is 2.09 bits per heavy atom. The van der Waals surface area contributed by atoms with Crippen LogP contribution < -0.4 is 5.32 Å². The molecule has 1 amide bonds. The number of anilines is 1. The van der Waals surface area contributed by atoms with E-state index in [-0.39, 0.29) is 5.91 Å². The van der Waals surface area contributed by atoms with Crippen molar-refractivity contribution >= 4 is 11.6 Å². The monoisotopic (exact) mass is 308 g/mol. The largest absolute Gasteiger partial charge is 0.392 e. The Hall–Kier alpha value is -1.40. The van der Waals surface area contributed by atoms with Crippen LogP contribution in [0.15, 0.2) is 0 Å². The maximum Gasteiger partial charge on any atom is 0.238 e. The van der Waals surface area contributed by atoms with Gasteiger partial charge < -0.3 is 10.4 Å². The molecule has 1 aliphatic rings. The lowest BCUT2D eigenvalue weighted by atomic mass is 9.94.